The smallest absolute Gasteiger partial charge is 0.335 e. The maximum Gasteiger partial charge on any atom is 0.335 e. The van der Waals surface area contributed by atoms with Crippen LogP contribution >= 0.6 is 0 Å². The predicted molar refractivity (Wildman–Crippen MR) is 70.0 cm³/mol. The first kappa shape index (κ1) is 16.4. The minimum Gasteiger partial charge on any atom is -0.479 e. The van der Waals surface area contributed by atoms with Crippen LogP contribution in [-0.2, 0) is 4.79 Å². The molecule has 0 spiro atoms. The van der Waals surface area contributed by atoms with E-state index in [1.54, 1.807) is 0 Å². The van der Waals surface area contributed by atoms with Crippen molar-refractivity contribution in [2.45, 2.75) is 77.7 Å². The van der Waals surface area contributed by atoms with E-state index in [1.165, 1.54) is 19.3 Å². The summed E-state index contributed by atoms with van der Waals surface area (Å²) in [5, 5.41) is 19.3. The Balaban J connectivity index is 4.07. The molecule has 0 aliphatic carbocycles. The fraction of sp³-hybridized carbons (Fsp3) is 0.929. The van der Waals surface area contributed by atoms with Crippen molar-refractivity contribution in [3.63, 3.8) is 0 Å². The lowest BCUT2D eigenvalue weighted by atomic mass is 9.81. The van der Waals surface area contributed by atoms with Crippen molar-refractivity contribution in [2.24, 2.45) is 5.92 Å². The average molecular weight is 244 g/mol. The number of carbonyl (C=O) groups is 1. The van der Waals surface area contributed by atoms with E-state index >= 15 is 0 Å². The molecule has 0 heterocycles. The Morgan fingerprint density at radius 3 is 2.18 bits per heavy atom. The molecule has 102 valence electrons. The zero-order valence-corrected chi connectivity index (χ0v) is 11.5. The Labute approximate surface area is 105 Å². The summed E-state index contributed by atoms with van der Waals surface area (Å²) in [6, 6.07) is 0. The minimum absolute atomic E-state index is 0.165. The molecule has 0 aromatic heterocycles. The summed E-state index contributed by atoms with van der Waals surface area (Å²) in [7, 11) is 0. The highest BCUT2D eigenvalue weighted by Crippen LogP contribution is 2.28. The van der Waals surface area contributed by atoms with Crippen molar-refractivity contribution < 1.29 is 15.0 Å². The summed E-state index contributed by atoms with van der Waals surface area (Å²) in [4.78, 5) is 11.1. The van der Waals surface area contributed by atoms with Crippen molar-refractivity contribution in [1.82, 2.24) is 0 Å². The van der Waals surface area contributed by atoms with E-state index in [0.717, 1.165) is 19.3 Å². The minimum atomic E-state index is -1.53. The first-order valence-corrected chi connectivity index (χ1v) is 6.94. The number of hydrogen-bond donors (Lipinski definition) is 2. The Kier molecular flexibility index (Phi) is 8.23. The number of hydrogen-bond acceptors (Lipinski definition) is 2. The highest BCUT2D eigenvalue weighted by atomic mass is 16.4. The van der Waals surface area contributed by atoms with E-state index in [1.807, 2.05) is 13.8 Å². The fourth-order valence-electron chi connectivity index (χ4n) is 2.24. The van der Waals surface area contributed by atoms with E-state index in [2.05, 4.69) is 6.92 Å². The maximum atomic E-state index is 11.1. The topological polar surface area (TPSA) is 57.5 Å². The lowest BCUT2D eigenvalue weighted by Gasteiger charge is -2.29. The van der Waals surface area contributed by atoms with Gasteiger partial charge in [0.25, 0.3) is 0 Å². The van der Waals surface area contributed by atoms with Crippen LogP contribution in [-0.4, -0.2) is 21.8 Å². The summed E-state index contributed by atoms with van der Waals surface area (Å²) in [5.74, 6) is -1.23. The van der Waals surface area contributed by atoms with E-state index in [-0.39, 0.29) is 5.92 Å². The monoisotopic (exact) mass is 244 g/mol. The average Bonchev–Trinajstić information content (AvgIpc) is 2.28. The number of carboxylic acid groups (broad SMARTS) is 1. The van der Waals surface area contributed by atoms with Crippen LogP contribution < -0.4 is 0 Å². The molecule has 0 saturated carbocycles. The quantitative estimate of drug-likeness (QED) is 0.577. The van der Waals surface area contributed by atoms with Crippen molar-refractivity contribution in [3.8, 4) is 0 Å². The van der Waals surface area contributed by atoms with Gasteiger partial charge >= 0.3 is 5.97 Å². The summed E-state index contributed by atoms with van der Waals surface area (Å²) in [6.45, 7) is 5.93. The molecule has 0 rings (SSSR count). The van der Waals surface area contributed by atoms with Crippen molar-refractivity contribution >= 4 is 5.97 Å². The molecule has 2 N–H and O–H groups in total. The number of rotatable bonds is 10. The molecule has 2 unspecified atom stereocenters. The van der Waals surface area contributed by atoms with Crippen LogP contribution in [0.4, 0.5) is 0 Å². The van der Waals surface area contributed by atoms with Gasteiger partial charge in [0.2, 0.25) is 0 Å². The van der Waals surface area contributed by atoms with Gasteiger partial charge in [-0.05, 0) is 18.8 Å². The van der Waals surface area contributed by atoms with Gasteiger partial charge in [0.05, 0.1) is 0 Å². The normalized spacial score (nSPS) is 16.5. The summed E-state index contributed by atoms with van der Waals surface area (Å²) < 4.78 is 0. The van der Waals surface area contributed by atoms with Crippen molar-refractivity contribution in [3.05, 3.63) is 0 Å². The molecule has 2 atom stereocenters. The van der Waals surface area contributed by atoms with Crippen LogP contribution in [0.25, 0.3) is 0 Å². The van der Waals surface area contributed by atoms with Crippen LogP contribution in [0.5, 0.6) is 0 Å². The maximum absolute atomic E-state index is 11.1. The Morgan fingerprint density at radius 1 is 1.12 bits per heavy atom. The molecular weight excluding hydrogens is 216 g/mol. The van der Waals surface area contributed by atoms with Gasteiger partial charge in [0, 0.05) is 0 Å². The van der Waals surface area contributed by atoms with E-state index in [0.29, 0.717) is 12.8 Å². The van der Waals surface area contributed by atoms with Crippen LogP contribution in [0, 0.1) is 5.92 Å². The summed E-state index contributed by atoms with van der Waals surface area (Å²) in [6.07, 6.45) is 7.66. The Morgan fingerprint density at radius 2 is 1.71 bits per heavy atom. The third-order valence-electron chi connectivity index (χ3n) is 3.56. The van der Waals surface area contributed by atoms with Gasteiger partial charge in [-0.1, -0.05) is 59.3 Å². The lowest BCUT2D eigenvalue weighted by molar-refractivity contribution is -0.165. The molecule has 0 saturated heterocycles. The number of carboxylic acids is 1. The molecule has 0 bridgehead atoms. The summed E-state index contributed by atoms with van der Waals surface area (Å²) in [5.41, 5.74) is -1.53. The van der Waals surface area contributed by atoms with Crippen molar-refractivity contribution in [2.75, 3.05) is 0 Å². The van der Waals surface area contributed by atoms with Gasteiger partial charge in [0.1, 0.15) is 0 Å². The van der Waals surface area contributed by atoms with Gasteiger partial charge in [0.15, 0.2) is 5.60 Å². The molecule has 0 fully saturated rings. The molecule has 0 aromatic carbocycles. The second-order valence-electron chi connectivity index (χ2n) is 5.08. The fourth-order valence-corrected chi connectivity index (χ4v) is 2.24. The zero-order valence-electron chi connectivity index (χ0n) is 11.5. The number of aliphatic hydroxyl groups is 1. The predicted octanol–water partition coefficient (Wildman–Crippen LogP) is 3.60. The largest absolute Gasteiger partial charge is 0.479 e. The number of unbranched alkanes of at least 4 members (excludes halogenated alkanes) is 4. The molecule has 0 radical (unpaired) electrons. The second-order valence-corrected chi connectivity index (χ2v) is 5.08. The molecule has 0 aliphatic heterocycles. The SMILES string of the molecule is CCCCCCCC(C)C(O)(CCC)C(=O)O. The zero-order chi connectivity index (χ0) is 13.3. The third-order valence-corrected chi connectivity index (χ3v) is 3.56. The van der Waals surface area contributed by atoms with Gasteiger partial charge in [-0.2, -0.15) is 0 Å². The van der Waals surface area contributed by atoms with E-state index in [9.17, 15) is 9.90 Å². The third kappa shape index (κ3) is 5.53. The first-order chi connectivity index (χ1) is 7.99. The molecule has 3 nitrogen and oxygen atoms in total. The molecular formula is C14H28O3. The first-order valence-electron chi connectivity index (χ1n) is 6.94. The van der Waals surface area contributed by atoms with E-state index in [4.69, 9.17) is 5.11 Å². The van der Waals surface area contributed by atoms with E-state index < -0.39 is 11.6 Å². The van der Waals surface area contributed by atoms with Crippen LogP contribution in [0.3, 0.4) is 0 Å². The van der Waals surface area contributed by atoms with Crippen LogP contribution in [0.15, 0.2) is 0 Å². The standard InChI is InChI=1S/C14H28O3/c1-4-6-7-8-9-10-12(3)14(17,11-5-2)13(15)16/h12,17H,4-11H2,1-3H3,(H,15,16). The molecule has 0 amide bonds. The number of aliphatic carboxylic acids is 1. The van der Waals surface area contributed by atoms with Gasteiger partial charge in [-0.3, -0.25) is 0 Å². The van der Waals surface area contributed by atoms with Crippen LogP contribution in [0.1, 0.15) is 72.1 Å². The van der Waals surface area contributed by atoms with Crippen molar-refractivity contribution in [1.29, 1.82) is 0 Å². The lowest BCUT2D eigenvalue weighted by Crippen LogP contribution is -2.44. The second kappa shape index (κ2) is 8.51. The molecule has 0 aliphatic rings. The highest BCUT2D eigenvalue weighted by molar-refractivity contribution is 5.77. The highest BCUT2D eigenvalue weighted by Gasteiger charge is 2.40. The van der Waals surface area contributed by atoms with Gasteiger partial charge < -0.3 is 10.2 Å². The van der Waals surface area contributed by atoms with Gasteiger partial charge in [-0.25, -0.2) is 4.79 Å². The Bertz CT molecular complexity index is 216. The van der Waals surface area contributed by atoms with Crippen LogP contribution in [0.2, 0.25) is 0 Å². The summed E-state index contributed by atoms with van der Waals surface area (Å²) >= 11 is 0. The molecule has 17 heavy (non-hydrogen) atoms. The molecule has 0 aromatic rings. The van der Waals surface area contributed by atoms with Gasteiger partial charge in [-0.15, -0.1) is 0 Å². The molecule has 3 heteroatoms. The Hall–Kier alpha value is -0.570.